The van der Waals surface area contributed by atoms with Gasteiger partial charge in [0.05, 0.1) is 6.61 Å². The van der Waals surface area contributed by atoms with Crippen molar-refractivity contribution in [3.8, 4) is 0 Å². The average molecular weight is 491 g/mol. The van der Waals surface area contributed by atoms with Gasteiger partial charge in [0.1, 0.15) is 24.4 Å². The largest absolute Gasteiger partial charge is 0.433 e. The van der Waals surface area contributed by atoms with Crippen molar-refractivity contribution in [2.75, 3.05) is 13.2 Å². The number of rotatable bonds is 23. The molecule has 0 aromatic heterocycles. The lowest BCUT2D eigenvalue weighted by Gasteiger charge is -2.30. The monoisotopic (exact) mass is 490 g/mol. The molecule has 0 saturated heterocycles. The Balaban J connectivity index is 3.93. The van der Waals surface area contributed by atoms with Crippen LogP contribution < -0.4 is 0 Å². The first-order valence-electron chi connectivity index (χ1n) is 13.2. The predicted octanol–water partition coefficient (Wildman–Crippen LogP) is 3.37. The molecule has 5 atom stereocenters. The molecule has 0 spiro atoms. The number of carbonyl (C=O) groups excluding carboxylic acids is 1. The summed E-state index contributed by atoms with van der Waals surface area (Å²) >= 11 is 0. The van der Waals surface area contributed by atoms with Crippen molar-refractivity contribution in [3.63, 3.8) is 0 Å². The summed E-state index contributed by atoms with van der Waals surface area (Å²) in [5.74, 6) is -0.570. The van der Waals surface area contributed by atoms with Crippen LogP contribution in [0.1, 0.15) is 104 Å². The van der Waals surface area contributed by atoms with E-state index in [1.807, 2.05) is 0 Å². The van der Waals surface area contributed by atoms with E-state index in [1.54, 1.807) is 6.92 Å². The summed E-state index contributed by atoms with van der Waals surface area (Å²) in [4.78, 5) is 12.1. The Morgan fingerprint density at radius 1 is 0.735 bits per heavy atom. The molecule has 0 heterocycles. The van der Waals surface area contributed by atoms with Gasteiger partial charge in [-0.15, -0.1) is 0 Å². The number of aliphatic hydroxyl groups is 5. The Labute approximate surface area is 206 Å². The first-order chi connectivity index (χ1) is 16.4. The molecule has 0 fully saturated rings. The zero-order valence-electron chi connectivity index (χ0n) is 21.3. The van der Waals surface area contributed by atoms with Crippen LogP contribution in [0.25, 0.3) is 0 Å². The van der Waals surface area contributed by atoms with Crippen LogP contribution in [-0.4, -0.2) is 75.4 Å². The lowest BCUT2D eigenvalue weighted by atomic mass is 10.0. The molecule has 0 rings (SSSR count). The third-order valence-corrected chi connectivity index (χ3v) is 5.78. The number of hydrogen-bond donors (Lipinski definition) is 5. The molecule has 5 N–H and O–H groups in total. The van der Waals surface area contributed by atoms with E-state index in [0.29, 0.717) is 6.42 Å². The molecule has 0 amide bonds. The van der Waals surface area contributed by atoms with E-state index in [-0.39, 0.29) is 13.0 Å². The lowest BCUT2D eigenvalue weighted by molar-refractivity contribution is -0.228. The highest BCUT2D eigenvalue weighted by Crippen LogP contribution is 2.15. The fraction of sp³-hybridized carbons (Fsp3) is 0.885. The maximum atomic E-state index is 12.1. The number of allylic oxidation sites excluding steroid dienone is 2. The van der Waals surface area contributed by atoms with E-state index < -0.39 is 43.3 Å². The van der Waals surface area contributed by atoms with Crippen molar-refractivity contribution in [2.45, 2.75) is 134 Å². The second-order valence-corrected chi connectivity index (χ2v) is 8.87. The van der Waals surface area contributed by atoms with Gasteiger partial charge in [-0.1, -0.05) is 70.4 Å². The molecule has 0 bridgehead atoms. The molecule has 0 aromatic carbocycles. The number of aliphatic hydroxyl groups excluding tert-OH is 5. The summed E-state index contributed by atoms with van der Waals surface area (Å²) in [7, 11) is 0. The molecule has 8 heteroatoms. The predicted molar refractivity (Wildman–Crippen MR) is 132 cm³/mol. The van der Waals surface area contributed by atoms with E-state index >= 15 is 0 Å². The van der Waals surface area contributed by atoms with Crippen molar-refractivity contribution in [2.24, 2.45) is 0 Å². The summed E-state index contributed by atoms with van der Waals surface area (Å²) < 4.78 is 10.3. The second kappa shape index (κ2) is 22.4. The number of ether oxygens (including phenoxy) is 2. The van der Waals surface area contributed by atoms with Crippen LogP contribution in [0.3, 0.4) is 0 Å². The van der Waals surface area contributed by atoms with Crippen LogP contribution in [-0.2, 0) is 14.3 Å². The Morgan fingerprint density at radius 3 is 1.79 bits per heavy atom. The molecule has 0 radical (unpaired) electrons. The van der Waals surface area contributed by atoms with E-state index in [0.717, 1.165) is 32.1 Å². The summed E-state index contributed by atoms with van der Waals surface area (Å²) in [5.41, 5.74) is 0. The van der Waals surface area contributed by atoms with Gasteiger partial charge >= 0.3 is 5.97 Å². The van der Waals surface area contributed by atoms with Crippen LogP contribution in [0.5, 0.6) is 0 Å². The van der Waals surface area contributed by atoms with Gasteiger partial charge in [0.15, 0.2) is 0 Å². The summed E-state index contributed by atoms with van der Waals surface area (Å²) in [6, 6.07) is 0. The first-order valence-corrected chi connectivity index (χ1v) is 13.2. The topological polar surface area (TPSA) is 137 Å². The number of carbonyl (C=O) groups is 1. The number of esters is 1. The molecule has 1 unspecified atom stereocenters. The molecule has 0 saturated carbocycles. The minimum atomic E-state index is -1.86. The second-order valence-electron chi connectivity index (χ2n) is 8.87. The normalized spacial score (nSPS) is 16.3. The summed E-state index contributed by atoms with van der Waals surface area (Å²) in [5, 5.41) is 48.2. The smallest absolute Gasteiger partial charge is 0.308 e. The molecule has 0 aromatic rings. The minimum Gasteiger partial charge on any atom is -0.433 e. The van der Waals surface area contributed by atoms with E-state index in [2.05, 4.69) is 19.1 Å². The number of unbranched alkanes of at least 4 members (excludes halogenated alkanes) is 11. The van der Waals surface area contributed by atoms with Crippen molar-refractivity contribution >= 4 is 5.97 Å². The minimum absolute atomic E-state index is 0.105. The molecule has 0 aliphatic rings. The molecule has 0 aliphatic carbocycles. The Morgan fingerprint density at radius 2 is 1.26 bits per heavy atom. The van der Waals surface area contributed by atoms with Gasteiger partial charge in [0.25, 0.3) is 0 Å². The lowest BCUT2D eigenvalue weighted by Crippen LogP contribution is -2.51. The van der Waals surface area contributed by atoms with Crippen molar-refractivity contribution < 1.29 is 39.8 Å². The van der Waals surface area contributed by atoms with E-state index in [9.17, 15) is 25.2 Å². The molecule has 34 heavy (non-hydrogen) atoms. The molecular formula is C26H50O8. The van der Waals surface area contributed by atoms with Crippen molar-refractivity contribution in [1.29, 1.82) is 0 Å². The highest BCUT2D eigenvalue weighted by molar-refractivity contribution is 5.69. The fourth-order valence-electron chi connectivity index (χ4n) is 3.59. The summed E-state index contributed by atoms with van der Waals surface area (Å²) in [6.45, 7) is 3.18. The van der Waals surface area contributed by atoms with Crippen LogP contribution in [0.2, 0.25) is 0 Å². The van der Waals surface area contributed by atoms with Gasteiger partial charge in [-0.3, -0.25) is 4.79 Å². The number of hydrogen-bond acceptors (Lipinski definition) is 8. The summed E-state index contributed by atoms with van der Waals surface area (Å²) in [6.07, 6.45) is 11.2. The van der Waals surface area contributed by atoms with Crippen LogP contribution >= 0.6 is 0 Å². The van der Waals surface area contributed by atoms with Gasteiger partial charge in [0.2, 0.25) is 6.29 Å². The van der Waals surface area contributed by atoms with Gasteiger partial charge in [-0.25, -0.2) is 0 Å². The highest BCUT2D eigenvalue weighted by Gasteiger charge is 2.37. The average Bonchev–Trinajstić information content (AvgIpc) is 2.84. The molecule has 0 aliphatic heterocycles. The maximum Gasteiger partial charge on any atom is 0.308 e. The zero-order chi connectivity index (χ0) is 25.6. The van der Waals surface area contributed by atoms with Crippen LogP contribution in [0.15, 0.2) is 12.2 Å². The van der Waals surface area contributed by atoms with Gasteiger partial charge < -0.3 is 35.0 Å². The Kier molecular flexibility index (Phi) is 21.8. The Bertz CT molecular complexity index is 499. The highest BCUT2D eigenvalue weighted by atomic mass is 16.7. The van der Waals surface area contributed by atoms with Crippen LogP contribution in [0, 0.1) is 0 Å². The maximum absolute atomic E-state index is 12.1. The fourth-order valence-corrected chi connectivity index (χ4v) is 3.59. The first kappa shape index (κ1) is 33.0. The SMILES string of the molecule is CCCCCCCC/C=C\CCCCCCCC(=O)OC(OCC)[C@H](O)[C@@H](O)[C@H](O)[C@H](O)CO. The third kappa shape index (κ3) is 16.6. The van der Waals surface area contributed by atoms with E-state index in [1.165, 1.54) is 44.9 Å². The quantitative estimate of drug-likeness (QED) is 0.0636. The van der Waals surface area contributed by atoms with Crippen LogP contribution in [0.4, 0.5) is 0 Å². The third-order valence-electron chi connectivity index (χ3n) is 5.78. The Hall–Kier alpha value is -1.03. The van der Waals surface area contributed by atoms with Crippen molar-refractivity contribution in [1.82, 2.24) is 0 Å². The molecule has 202 valence electrons. The van der Waals surface area contributed by atoms with Gasteiger partial charge in [-0.05, 0) is 39.0 Å². The van der Waals surface area contributed by atoms with Gasteiger partial charge in [-0.2, -0.15) is 0 Å². The van der Waals surface area contributed by atoms with Crippen molar-refractivity contribution in [3.05, 3.63) is 12.2 Å². The molecule has 8 nitrogen and oxygen atoms in total. The van der Waals surface area contributed by atoms with E-state index in [4.69, 9.17) is 14.6 Å². The van der Waals surface area contributed by atoms with Gasteiger partial charge in [0, 0.05) is 13.0 Å². The zero-order valence-corrected chi connectivity index (χ0v) is 21.3. The molecular weight excluding hydrogens is 440 g/mol. The standard InChI is InChI=1S/C26H50O8/c1-3-5-6-7-8-9-10-11-12-13-14-15-16-17-18-19-22(29)34-26(33-4-2)25(32)24(31)23(30)21(28)20-27/h11-12,21,23-28,30-32H,3-10,13-20H2,1-2H3/b12-11-/t21-,23-,24+,25-,26?/m1/s1.